The number of hydrogen-bond acceptors (Lipinski definition) is 0. The van der Waals surface area contributed by atoms with Gasteiger partial charge in [0.1, 0.15) is 0 Å². The Morgan fingerprint density at radius 2 is 1.15 bits per heavy atom. The molecule has 0 heterocycles. The molecule has 1 aliphatic carbocycles. The standard InChI is InChI=1S/C27H34/c1-5-7-19-25-21(3)22(4)27(26(25)20-8-6-2,23-15-11-9-12-16-23)24-17-13-10-14-18-24/h9-18H,5-8,19-20H2,1-4H3. The quantitative estimate of drug-likeness (QED) is 0.448. The van der Waals surface area contributed by atoms with Crippen molar-refractivity contribution < 1.29 is 0 Å². The highest BCUT2D eigenvalue weighted by Crippen LogP contribution is 2.55. The van der Waals surface area contributed by atoms with Crippen molar-refractivity contribution in [3.8, 4) is 0 Å². The van der Waals surface area contributed by atoms with Crippen molar-refractivity contribution in [2.45, 2.75) is 71.6 Å². The average Bonchev–Trinajstić information content (AvgIpc) is 2.93. The summed E-state index contributed by atoms with van der Waals surface area (Å²) in [5.41, 5.74) is 9.10. The fourth-order valence-corrected chi connectivity index (χ4v) is 4.89. The Hall–Kier alpha value is -2.08. The van der Waals surface area contributed by atoms with Gasteiger partial charge in [-0.25, -0.2) is 0 Å². The lowest BCUT2D eigenvalue weighted by atomic mass is 9.65. The Labute approximate surface area is 166 Å². The molecule has 2 aromatic carbocycles. The molecule has 0 fully saturated rings. The first-order valence-electron chi connectivity index (χ1n) is 10.7. The maximum Gasteiger partial charge on any atom is 0.0630 e. The summed E-state index contributed by atoms with van der Waals surface area (Å²) in [6.07, 6.45) is 7.42. The second kappa shape index (κ2) is 8.74. The summed E-state index contributed by atoms with van der Waals surface area (Å²) < 4.78 is 0. The lowest BCUT2D eigenvalue weighted by molar-refractivity contribution is 0.642. The molecule has 0 N–H and O–H groups in total. The summed E-state index contributed by atoms with van der Waals surface area (Å²) in [6.45, 7) is 9.34. The van der Waals surface area contributed by atoms with Crippen molar-refractivity contribution in [2.24, 2.45) is 0 Å². The number of allylic oxidation sites excluding steroid dienone is 4. The first-order chi connectivity index (χ1) is 13.2. The van der Waals surface area contributed by atoms with E-state index in [-0.39, 0.29) is 5.41 Å². The van der Waals surface area contributed by atoms with Gasteiger partial charge >= 0.3 is 0 Å². The van der Waals surface area contributed by atoms with Crippen molar-refractivity contribution in [3.05, 3.63) is 94.1 Å². The molecule has 0 aliphatic heterocycles. The van der Waals surface area contributed by atoms with Gasteiger partial charge in [-0.05, 0) is 67.4 Å². The lowest BCUT2D eigenvalue weighted by Crippen LogP contribution is -2.30. The van der Waals surface area contributed by atoms with E-state index in [1.54, 1.807) is 11.1 Å². The second-order valence-corrected chi connectivity index (χ2v) is 7.90. The molecule has 0 bridgehead atoms. The van der Waals surface area contributed by atoms with Crippen LogP contribution in [0.25, 0.3) is 0 Å². The summed E-state index contributed by atoms with van der Waals surface area (Å²) in [7, 11) is 0. The molecule has 142 valence electrons. The van der Waals surface area contributed by atoms with E-state index in [1.165, 1.54) is 60.8 Å². The van der Waals surface area contributed by atoms with Gasteiger partial charge in [-0.15, -0.1) is 0 Å². The molecule has 0 saturated heterocycles. The highest BCUT2D eigenvalue weighted by molar-refractivity contribution is 5.66. The maximum atomic E-state index is 2.38. The molecule has 0 spiro atoms. The molecule has 0 amide bonds. The highest BCUT2D eigenvalue weighted by Gasteiger charge is 2.45. The number of unbranched alkanes of at least 4 members (excludes halogenated alkanes) is 2. The molecule has 0 nitrogen and oxygen atoms in total. The van der Waals surface area contributed by atoms with E-state index in [2.05, 4.69) is 88.4 Å². The molecular weight excluding hydrogens is 324 g/mol. The Morgan fingerprint density at radius 1 is 0.667 bits per heavy atom. The van der Waals surface area contributed by atoms with Crippen LogP contribution in [-0.4, -0.2) is 0 Å². The van der Waals surface area contributed by atoms with Crippen LogP contribution in [-0.2, 0) is 5.41 Å². The van der Waals surface area contributed by atoms with Crippen molar-refractivity contribution in [1.29, 1.82) is 0 Å². The van der Waals surface area contributed by atoms with E-state index < -0.39 is 0 Å². The zero-order valence-electron chi connectivity index (χ0n) is 17.5. The van der Waals surface area contributed by atoms with E-state index in [0.717, 1.165) is 0 Å². The fraction of sp³-hybridized carbons (Fsp3) is 0.407. The largest absolute Gasteiger partial charge is 0.0654 e. The smallest absolute Gasteiger partial charge is 0.0630 e. The van der Waals surface area contributed by atoms with Gasteiger partial charge in [-0.3, -0.25) is 0 Å². The van der Waals surface area contributed by atoms with Crippen LogP contribution in [0, 0.1) is 0 Å². The molecule has 0 heteroatoms. The van der Waals surface area contributed by atoms with Gasteiger partial charge in [-0.1, -0.05) is 92.9 Å². The molecule has 2 aromatic rings. The summed E-state index contributed by atoms with van der Waals surface area (Å²) in [5, 5.41) is 0. The molecule has 0 saturated carbocycles. The van der Waals surface area contributed by atoms with Gasteiger partial charge in [0.2, 0.25) is 0 Å². The Bertz CT molecular complexity index is 766. The summed E-state index contributed by atoms with van der Waals surface area (Å²) in [5.74, 6) is 0. The predicted octanol–water partition coefficient (Wildman–Crippen LogP) is 8.00. The van der Waals surface area contributed by atoms with Crippen LogP contribution in [0.3, 0.4) is 0 Å². The molecule has 0 radical (unpaired) electrons. The second-order valence-electron chi connectivity index (χ2n) is 7.90. The van der Waals surface area contributed by atoms with Crippen LogP contribution in [0.4, 0.5) is 0 Å². The zero-order valence-corrected chi connectivity index (χ0v) is 17.5. The summed E-state index contributed by atoms with van der Waals surface area (Å²) in [6, 6.07) is 22.4. The van der Waals surface area contributed by atoms with Crippen molar-refractivity contribution in [1.82, 2.24) is 0 Å². The Morgan fingerprint density at radius 3 is 1.63 bits per heavy atom. The summed E-state index contributed by atoms with van der Waals surface area (Å²) in [4.78, 5) is 0. The minimum Gasteiger partial charge on any atom is -0.0654 e. The minimum absolute atomic E-state index is 0.0924. The lowest BCUT2D eigenvalue weighted by Gasteiger charge is -2.37. The van der Waals surface area contributed by atoms with Crippen LogP contribution in [0.1, 0.15) is 77.3 Å². The van der Waals surface area contributed by atoms with Gasteiger partial charge in [0.05, 0.1) is 5.41 Å². The normalized spacial score (nSPS) is 16.3. The molecule has 0 unspecified atom stereocenters. The van der Waals surface area contributed by atoms with Gasteiger partial charge < -0.3 is 0 Å². The molecule has 0 atom stereocenters. The summed E-state index contributed by atoms with van der Waals surface area (Å²) >= 11 is 0. The van der Waals surface area contributed by atoms with Gasteiger partial charge in [-0.2, -0.15) is 0 Å². The van der Waals surface area contributed by atoms with E-state index in [0.29, 0.717) is 0 Å². The van der Waals surface area contributed by atoms with E-state index in [1.807, 2.05) is 0 Å². The minimum atomic E-state index is -0.0924. The van der Waals surface area contributed by atoms with Crippen LogP contribution in [0.5, 0.6) is 0 Å². The Kier molecular flexibility index (Phi) is 6.37. The highest BCUT2D eigenvalue weighted by atomic mass is 14.5. The van der Waals surface area contributed by atoms with E-state index in [4.69, 9.17) is 0 Å². The molecule has 0 aromatic heterocycles. The third-order valence-electron chi connectivity index (χ3n) is 6.37. The van der Waals surface area contributed by atoms with Crippen LogP contribution < -0.4 is 0 Å². The number of benzene rings is 2. The molecular formula is C27H34. The third kappa shape index (κ3) is 3.43. The maximum absolute atomic E-state index is 2.38. The fourth-order valence-electron chi connectivity index (χ4n) is 4.89. The predicted molar refractivity (Wildman–Crippen MR) is 118 cm³/mol. The third-order valence-corrected chi connectivity index (χ3v) is 6.37. The molecule has 3 rings (SSSR count). The van der Waals surface area contributed by atoms with Crippen molar-refractivity contribution >= 4 is 0 Å². The van der Waals surface area contributed by atoms with E-state index >= 15 is 0 Å². The monoisotopic (exact) mass is 358 g/mol. The van der Waals surface area contributed by atoms with Gasteiger partial charge in [0.25, 0.3) is 0 Å². The van der Waals surface area contributed by atoms with Crippen LogP contribution in [0.15, 0.2) is 83.0 Å². The van der Waals surface area contributed by atoms with Crippen LogP contribution >= 0.6 is 0 Å². The van der Waals surface area contributed by atoms with Crippen LogP contribution in [0.2, 0.25) is 0 Å². The molecule has 1 aliphatic rings. The number of hydrogen-bond donors (Lipinski definition) is 0. The Balaban J connectivity index is 2.31. The van der Waals surface area contributed by atoms with Gasteiger partial charge in [0.15, 0.2) is 0 Å². The van der Waals surface area contributed by atoms with E-state index in [9.17, 15) is 0 Å². The average molecular weight is 359 g/mol. The van der Waals surface area contributed by atoms with Gasteiger partial charge in [0, 0.05) is 0 Å². The first-order valence-corrected chi connectivity index (χ1v) is 10.7. The first kappa shape index (κ1) is 19.7. The SMILES string of the molecule is CCCCC1=C(CCCC)C(c2ccccc2)(c2ccccc2)C(C)=C1C. The number of rotatable bonds is 8. The topological polar surface area (TPSA) is 0 Å². The van der Waals surface area contributed by atoms with Crippen molar-refractivity contribution in [2.75, 3.05) is 0 Å². The molecule has 27 heavy (non-hydrogen) atoms. The van der Waals surface area contributed by atoms with Crippen molar-refractivity contribution in [3.63, 3.8) is 0 Å². The zero-order chi connectivity index (χ0) is 19.3.